The molecular formula is C16H22N6O2. The van der Waals surface area contributed by atoms with Gasteiger partial charge in [-0.1, -0.05) is 19.0 Å². The smallest absolute Gasteiger partial charge is 0.272 e. The number of rotatable bonds is 4. The fourth-order valence-electron chi connectivity index (χ4n) is 2.94. The van der Waals surface area contributed by atoms with Crippen LogP contribution in [0.15, 0.2) is 10.6 Å². The van der Waals surface area contributed by atoms with Crippen LogP contribution in [0.4, 0.5) is 5.95 Å². The number of carbonyl (C=O) groups is 1. The van der Waals surface area contributed by atoms with Crippen molar-refractivity contribution in [2.24, 2.45) is 5.92 Å². The third-order valence-electron chi connectivity index (χ3n) is 4.00. The third kappa shape index (κ3) is 3.52. The predicted molar refractivity (Wildman–Crippen MR) is 87.3 cm³/mol. The highest BCUT2D eigenvalue weighted by atomic mass is 16.5. The molecule has 3 heterocycles. The second-order valence-electron chi connectivity index (χ2n) is 6.62. The lowest BCUT2D eigenvalue weighted by atomic mass is 10.1. The first-order valence-electron chi connectivity index (χ1n) is 8.15. The molecule has 1 fully saturated rings. The van der Waals surface area contributed by atoms with E-state index in [1.165, 1.54) is 0 Å². The SMILES string of the molecule is Cc1noc([C@@H]2CCN(C(=O)c3cc(CC(C)C)nc(N)n3)C2)n1. The Kier molecular flexibility index (Phi) is 4.46. The van der Waals surface area contributed by atoms with Crippen LogP contribution in [0.25, 0.3) is 0 Å². The Bertz CT molecular complexity index is 742. The van der Waals surface area contributed by atoms with Gasteiger partial charge in [0.25, 0.3) is 5.91 Å². The quantitative estimate of drug-likeness (QED) is 0.905. The lowest BCUT2D eigenvalue weighted by Gasteiger charge is -2.16. The van der Waals surface area contributed by atoms with Gasteiger partial charge in [0, 0.05) is 18.8 Å². The Hall–Kier alpha value is -2.51. The highest BCUT2D eigenvalue weighted by molar-refractivity contribution is 5.92. The first kappa shape index (κ1) is 16.4. The summed E-state index contributed by atoms with van der Waals surface area (Å²) in [7, 11) is 0. The van der Waals surface area contributed by atoms with E-state index in [4.69, 9.17) is 10.3 Å². The van der Waals surface area contributed by atoms with Crippen molar-refractivity contribution in [1.82, 2.24) is 25.0 Å². The zero-order valence-corrected chi connectivity index (χ0v) is 14.2. The first-order chi connectivity index (χ1) is 11.4. The number of anilines is 1. The molecule has 0 aliphatic carbocycles. The average Bonchev–Trinajstić information content (AvgIpc) is 3.13. The lowest BCUT2D eigenvalue weighted by Crippen LogP contribution is -2.29. The zero-order chi connectivity index (χ0) is 17.3. The number of nitrogen functional groups attached to an aromatic ring is 1. The average molecular weight is 330 g/mol. The molecule has 1 aliphatic heterocycles. The van der Waals surface area contributed by atoms with E-state index in [1.807, 2.05) is 0 Å². The van der Waals surface area contributed by atoms with E-state index in [0.717, 1.165) is 18.5 Å². The summed E-state index contributed by atoms with van der Waals surface area (Å²) in [6.07, 6.45) is 1.56. The second-order valence-corrected chi connectivity index (χ2v) is 6.62. The molecule has 8 heteroatoms. The molecule has 1 atom stereocenters. The van der Waals surface area contributed by atoms with Crippen LogP contribution < -0.4 is 5.73 Å². The molecule has 3 rings (SSSR count). The van der Waals surface area contributed by atoms with Crippen LogP contribution in [0.3, 0.4) is 0 Å². The van der Waals surface area contributed by atoms with Gasteiger partial charge < -0.3 is 15.2 Å². The van der Waals surface area contributed by atoms with Crippen LogP contribution >= 0.6 is 0 Å². The van der Waals surface area contributed by atoms with E-state index in [1.54, 1.807) is 17.9 Å². The summed E-state index contributed by atoms with van der Waals surface area (Å²) < 4.78 is 5.22. The van der Waals surface area contributed by atoms with Crippen molar-refractivity contribution in [3.8, 4) is 0 Å². The second kappa shape index (κ2) is 6.54. The molecule has 0 unspecified atom stereocenters. The Balaban J connectivity index is 1.74. The molecule has 1 saturated heterocycles. The van der Waals surface area contributed by atoms with Gasteiger partial charge in [-0.15, -0.1) is 0 Å². The van der Waals surface area contributed by atoms with Crippen LogP contribution in [-0.2, 0) is 6.42 Å². The van der Waals surface area contributed by atoms with Crippen molar-refractivity contribution in [1.29, 1.82) is 0 Å². The molecule has 0 spiro atoms. The van der Waals surface area contributed by atoms with Gasteiger partial charge >= 0.3 is 0 Å². The summed E-state index contributed by atoms with van der Waals surface area (Å²) >= 11 is 0. The van der Waals surface area contributed by atoms with Gasteiger partial charge in [-0.25, -0.2) is 9.97 Å². The highest BCUT2D eigenvalue weighted by Gasteiger charge is 2.32. The van der Waals surface area contributed by atoms with Crippen molar-refractivity contribution < 1.29 is 9.32 Å². The van der Waals surface area contributed by atoms with Crippen LogP contribution in [0.2, 0.25) is 0 Å². The number of hydrogen-bond acceptors (Lipinski definition) is 7. The van der Waals surface area contributed by atoms with Crippen molar-refractivity contribution in [3.05, 3.63) is 29.2 Å². The summed E-state index contributed by atoms with van der Waals surface area (Å²) in [5.41, 5.74) is 6.91. The van der Waals surface area contributed by atoms with Crippen LogP contribution in [0, 0.1) is 12.8 Å². The van der Waals surface area contributed by atoms with Gasteiger partial charge in [0.05, 0.1) is 5.92 Å². The van der Waals surface area contributed by atoms with E-state index < -0.39 is 0 Å². The number of carbonyl (C=O) groups excluding carboxylic acids is 1. The van der Waals surface area contributed by atoms with Crippen LogP contribution in [-0.4, -0.2) is 44.0 Å². The number of aromatic nitrogens is 4. The number of nitrogens with zero attached hydrogens (tertiary/aromatic N) is 5. The Morgan fingerprint density at radius 2 is 2.21 bits per heavy atom. The summed E-state index contributed by atoms with van der Waals surface area (Å²) in [4.78, 5) is 27.1. The molecule has 24 heavy (non-hydrogen) atoms. The van der Waals surface area contributed by atoms with E-state index in [0.29, 0.717) is 36.4 Å². The summed E-state index contributed by atoms with van der Waals surface area (Å²) in [5, 5.41) is 3.81. The Labute approximate surface area is 140 Å². The summed E-state index contributed by atoms with van der Waals surface area (Å²) in [6, 6.07) is 1.74. The largest absolute Gasteiger partial charge is 0.368 e. The van der Waals surface area contributed by atoms with E-state index in [-0.39, 0.29) is 17.8 Å². The fraction of sp³-hybridized carbons (Fsp3) is 0.562. The molecular weight excluding hydrogens is 308 g/mol. The minimum atomic E-state index is -0.132. The van der Waals surface area contributed by atoms with Crippen LogP contribution in [0.1, 0.15) is 54.1 Å². The number of hydrogen-bond donors (Lipinski definition) is 1. The molecule has 0 bridgehead atoms. The van der Waals surface area contributed by atoms with Gasteiger partial charge in [0.15, 0.2) is 5.82 Å². The maximum Gasteiger partial charge on any atom is 0.272 e. The van der Waals surface area contributed by atoms with Crippen molar-refractivity contribution in [3.63, 3.8) is 0 Å². The van der Waals surface area contributed by atoms with Crippen LogP contribution in [0.5, 0.6) is 0 Å². The van der Waals surface area contributed by atoms with E-state index in [2.05, 4.69) is 34.0 Å². The number of likely N-dealkylation sites (tertiary alicyclic amines) is 1. The molecule has 2 aromatic heterocycles. The number of aryl methyl sites for hydroxylation is 1. The third-order valence-corrected chi connectivity index (χ3v) is 4.00. The molecule has 2 aromatic rings. The molecule has 1 amide bonds. The molecule has 128 valence electrons. The predicted octanol–water partition coefficient (Wildman–Crippen LogP) is 1.58. The Morgan fingerprint density at radius 3 is 2.88 bits per heavy atom. The molecule has 8 nitrogen and oxygen atoms in total. The summed E-state index contributed by atoms with van der Waals surface area (Å²) in [6.45, 7) is 7.15. The minimum Gasteiger partial charge on any atom is -0.368 e. The number of amides is 1. The van der Waals surface area contributed by atoms with Gasteiger partial charge in [0.2, 0.25) is 11.8 Å². The van der Waals surface area contributed by atoms with Gasteiger partial charge in [-0.05, 0) is 31.7 Å². The molecule has 0 radical (unpaired) electrons. The van der Waals surface area contributed by atoms with Crippen molar-refractivity contribution in [2.45, 2.75) is 39.5 Å². The van der Waals surface area contributed by atoms with Gasteiger partial charge in [-0.3, -0.25) is 4.79 Å². The van der Waals surface area contributed by atoms with Crippen molar-refractivity contribution >= 4 is 11.9 Å². The summed E-state index contributed by atoms with van der Waals surface area (Å²) in [5.74, 6) is 1.71. The molecule has 1 aliphatic rings. The maximum absolute atomic E-state index is 12.7. The van der Waals surface area contributed by atoms with Crippen molar-refractivity contribution in [2.75, 3.05) is 18.8 Å². The van der Waals surface area contributed by atoms with Gasteiger partial charge in [-0.2, -0.15) is 4.98 Å². The molecule has 2 N–H and O–H groups in total. The first-order valence-corrected chi connectivity index (χ1v) is 8.15. The number of nitrogens with two attached hydrogens (primary N) is 1. The highest BCUT2D eigenvalue weighted by Crippen LogP contribution is 2.27. The monoisotopic (exact) mass is 330 g/mol. The maximum atomic E-state index is 12.7. The molecule has 0 saturated carbocycles. The zero-order valence-electron chi connectivity index (χ0n) is 14.2. The van der Waals surface area contributed by atoms with E-state index in [9.17, 15) is 4.79 Å². The normalized spacial score (nSPS) is 17.7. The van der Waals surface area contributed by atoms with E-state index >= 15 is 0 Å². The fourth-order valence-corrected chi connectivity index (χ4v) is 2.94. The molecule has 0 aromatic carbocycles. The topological polar surface area (TPSA) is 111 Å². The lowest BCUT2D eigenvalue weighted by molar-refractivity contribution is 0.0783. The van der Waals surface area contributed by atoms with Gasteiger partial charge in [0.1, 0.15) is 5.69 Å². The Morgan fingerprint density at radius 1 is 1.42 bits per heavy atom. The standard InChI is InChI=1S/C16H22N6O2/c1-9(2)6-12-7-13(20-16(17)19-12)15(23)22-5-4-11(8-22)14-18-10(3)21-24-14/h7,9,11H,4-6,8H2,1-3H3,(H2,17,19,20)/t11-/m1/s1. The minimum absolute atomic E-state index is 0.0736.